The van der Waals surface area contributed by atoms with Crippen molar-refractivity contribution in [3.63, 3.8) is 0 Å². The van der Waals surface area contributed by atoms with Gasteiger partial charge in [0.05, 0.1) is 19.4 Å². The Balaban J connectivity index is 2.55. The molecule has 0 fully saturated rings. The quantitative estimate of drug-likeness (QED) is 0.678. The molecule has 90 valence electrons. The van der Waals surface area contributed by atoms with E-state index in [-0.39, 0.29) is 0 Å². The summed E-state index contributed by atoms with van der Waals surface area (Å²) >= 11 is 0. The van der Waals surface area contributed by atoms with E-state index in [1.54, 1.807) is 13.4 Å². The topological polar surface area (TPSA) is 51.6 Å². The molecule has 1 aromatic heterocycles. The molecule has 4 nitrogen and oxygen atoms in total. The maximum atomic E-state index is 5.59. The Hall–Kier alpha value is -1.10. The van der Waals surface area contributed by atoms with Crippen LogP contribution >= 0.6 is 0 Å². The van der Waals surface area contributed by atoms with Crippen molar-refractivity contribution >= 4 is 0 Å². The van der Waals surface area contributed by atoms with Crippen LogP contribution < -0.4 is 5.73 Å². The maximum Gasteiger partial charge on any atom is 0.121 e. The molecule has 1 heterocycles. The van der Waals surface area contributed by atoms with E-state index in [0.717, 1.165) is 31.0 Å². The summed E-state index contributed by atoms with van der Waals surface area (Å²) in [5, 5.41) is 0. The lowest BCUT2D eigenvalue weighted by atomic mass is 10.2. The van der Waals surface area contributed by atoms with Gasteiger partial charge in [0, 0.05) is 32.3 Å². The number of hydrogen-bond donors (Lipinski definition) is 1. The van der Waals surface area contributed by atoms with E-state index in [2.05, 4.69) is 11.5 Å². The molecule has 0 aliphatic carbocycles. The number of furan rings is 1. The van der Waals surface area contributed by atoms with Crippen LogP contribution in [0.2, 0.25) is 0 Å². The fourth-order valence-corrected chi connectivity index (χ4v) is 1.57. The van der Waals surface area contributed by atoms with E-state index >= 15 is 0 Å². The highest BCUT2D eigenvalue weighted by Crippen LogP contribution is 2.12. The number of nitrogens with two attached hydrogens (primary N) is 1. The summed E-state index contributed by atoms with van der Waals surface area (Å²) in [4.78, 5) is 2.24. The molecule has 0 saturated heterocycles. The van der Waals surface area contributed by atoms with Gasteiger partial charge in [-0.05, 0) is 6.07 Å². The molecular formula is C12H20N2O2. The third-order valence-electron chi connectivity index (χ3n) is 2.42. The van der Waals surface area contributed by atoms with E-state index in [1.165, 1.54) is 0 Å². The van der Waals surface area contributed by atoms with Crippen LogP contribution in [0, 0.1) is 0 Å². The van der Waals surface area contributed by atoms with Crippen LogP contribution in [-0.4, -0.2) is 31.7 Å². The van der Waals surface area contributed by atoms with Gasteiger partial charge in [0.2, 0.25) is 0 Å². The molecule has 1 rings (SSSR count). The average molecular weight is 224 g/mol. The van der Waals surface area contributed by atoms with Crippen molar-refractivity contribution in [2.24, 2.45) is 5.73 Å². The maximum absolute atomic E-state index is 5.59. The van der Waals surface area contributed by atoms with Gasteiger partial charge in [0.25, 0.3) is 0 Å². The fourth-order valence-electron chi connectivity index (χ4n) is 1.57. The van der Waals surface area contributed by atoms with E-state index in [9.17, 15) is 0 Å². The van der Waals surface area contributed by atoms with E-state index in [1.807, 2.05) is 12.1 Å². The summed E-state index contributed by atoms with van der Waals surface area (Å²) in [6, 6.07) is 1.96. The number of methoxy groups -OCH3 is 1. The van der Waals surface area contributed by atoms with E-state index in [0.29, 0.717) is 13.2 Å². The molecule has 2 N–H and O–H groups in total. The molecule has 0 aromatic carbocycles. The second kappa shape index (κ2) is 7.22. The zero-order valence-corrected chi connectivity index (χ0v) is 9.82. The lowest BCUT2D eigenvalue weighted by Crippen LogP contribution is -2.27. The summed E-state index contributed by atoms with van der Waals surface area (Å²) in [5.41, 5.74) is 6.73. The molecule has 0 saturated carbocycles. The minimum absolute atomic E-state index is 0.439. The number of hydrogen-bond acceptors (Lipinski definition) is 4. The minimum atomic E-state index is 0.439. The molecule has 16 heavy (non-hydrogen) atoms. The Morgan fingerprint density at radius 1 is 1.62 bits per heavy atom. The molecule has 0 aliphatic rings. The van der Waals surface area contributed by atoms with Gasteiger partial charge >= 0.3 is 0 Å². The van der Waals surface area contributed by atoms with Crippen molar-refractivity contribution in [3.05, 3.63) is 36.3 Å². The molecule has 0 unspecified atom stereocenters. The van der Waals surface area contributed by atoms with Crippen LogP contribution in [-0.2, 0) is 17.8 Å². The van der Waals surface area contributed by atoms with Crippen LogP contribution in [0.5, 0.6) is 0 Å². The lowest BCUT2D eigenvalue weighted by Gasteiger charge is -2.19. The van der Waals surface area contributed by atoms with Crippen molar-refractivity contribution in [1.29, 1.82) is 0 Å². The van der Waals surface area contributed by atoms with Crippen molar-refractivity contribution in [1.82, 2.24) is 4.90 Å². The predicted octanol–water partition coefficient (Wildman–Crippen LogP) is 1.37. The largest absolute Gasteiger partial charge is 0.468 e. The number of nitrogens with zero attached hydrogens (tertiary/aromatic N) is 1. The molecule has 0 radical (unpaired) electrons. The third-order valence-corrected chi connectivity index (χ3v) is 2.42. The molecule has 0 atom stereocenters. The first-order valence-corrected chi connectivity index (χ1v) is 5.39. The standard InChI is InChI=1S/C12H20N2O2/c1-3-5-14(6-8-15-2)10-11-4-7-16-12(11)9-13/h3-4,7H,1,5-6,8-10,13H2,2H3. The lowest BCUT2D eigenvalue weighted by molar-refractivity contribution is 0.151. The average Bonchev–Trinajstić information content (AvgIpc) is 2.73. The molecule has 0 aliphatic heterocycles. The van der Waals surface area contributed by atoms with Gasteiger partial charge in [-0.15, -0.1) is 6.58 Å². The summed E-state index contributed by atoms with van der Waals surface area (Å²) in [6.07, 6.45) is 3.57. The first-order chi connectivity index (χ1) is 7.81. The molecule has 0 spiro atoms. The molecule has 0 amide bonds. The van der Waals surface area contributed by atoms with E-state index in [4.69, 9.17) is 14.9 Å². The first kappa shape index (κ1) is 13.0. The van der Waals surface area contributed by atoms with Crippen molar-refractivity contribution in [2.75, 3.05) is 26.8 Å². The Bertz CT molecular complexity index is 310. The zero-order valence-electron chi connectivity index (χ0n) is 9.82. The monoisotopic (exact) mass is 224 g/mol. The van der Waals surface area contributed by atoms with Gasteiger partial charge in [-0.1, -0.05) is 6.08 Å². The number of rotatable bonds is 8. The third kappa shape index (κ3) is 3.81. The molecule has 4 heteroatoms. The highest BCUT2D eigenvalue weighted by Gasteiger charge is 2.09. The first-order valence-electron chi connectivity index (χ1n) is 5.39. The zero-order chi connectivity index (χ0) is 11.8. The SMILES string of the molecule is C=CCN(CCOC)Cc1ccoc1CN. The van der Waals surface area contributed by atoms with Crippen molar-refractivity contribution in [3.8, 4) is 0 Å². The van der Waals surface area contributed by atoms with Gasteiger partial charge in [-0.3, -0.25) is 4.90 Å². The Morgan fingerprint density at radius 3 is 3.06 bits per heavy atom. The van der Waals surface area contributed by atoms with Gasteiger partial charge < -0.3 is 14.9 Å². The van der Waals surface area contributed by atoms with Crippen LogP contribution in [0.4, 0.5) is 0 Å². The van der Waals surface area contributed by atoms with Crippen LogP contribution in [0.15, 0.2) is 29.4 Å². The fraction of sp³-hybridized carbons (Fsp3) is 0.500. The molecule has 1 aromatic rings. The molecular weight excluding hydrogens is 204 g/mol. The predicted molar refractivity (Wildman–Crippen MR) is 63.9 cm³/mol. The normalized spacial score (nSPS) is 10.9. The van der Waals surface area contributed by atoms with E-state index < -0.39 is 0 Å². The Labute approximate surface area is 96.7 Å². The summed E-state index contributed by atoms with van der Waals surface area (Å²) in [7, 11) is 1.70. The second-order valence-electron chi connectivity index (χ2n) is 3.59. The smallest absolute Gasteiger partial charge is 0.121 e. The summed E-state index contributed by atoms with van der Waals surface area (Å²) in [6.45, 7) is 7.42. The van der Waals surface area contributed by atoms with Crippen LogP contribution in [0.1, 0.15) is 11.3 Å². The summed E-state index contributed by atoms with van der Waals surface area (Å²) < 4.78 is 10.4. The van der Waals surface area contributed by atoms with Crippen molar-refractivity contribution < 1.29 is 9.15 Å². The molecule has 0 bridgehead atoms. The highest BCUT2D eigenvalue weighted by atomic mass is 16.5. The van der Waals surface area contributed by atoms with Gasteiger partial charge in [-0.25, -0.2) is 0 Å². The minimum Gasteiger partial charge on any atom is -0.468 e. The van der Waals surface area contributed by atoms with Crippen LogP contribution in [0.25, 0.3) is 0 Å². The van der Waals surface area contributed by atoms with Crippen LogP contribution in [0.3, 0.4) is 0 Å². The Kier molecular flexibility index (Phi) is 5.85. The second-order valence-corrected chi connectivity index (χ2v) is 3.59. The van der Waals surface area contributed by atoms with Gasteiger partial charge in [-0.2, -0.15) is 0 Å². The van der Waals surface area contributed by atoms with Crippen molar-refractivity contribution in [2.45, 2.75) is 13.1 Å². The van der Waals surface area contributed by atoms with Gasteiger partial charge in [0.15, 0.2) is 0 Å². The number of ether oxygens (including phenoxy) is 1. The highest BCUT2D eigenvalue weighted by molar-refractivity contribution is 5.16. The summed E-state index contributed by atoms with van der Waals surface area (Å²) in [5.74, 6) is 0.853. The Morgan fingerprint density at radius 2 is 2.44 bits per heavy atom. The van der Waals surface area contributed by atoms with Gasteiger partial charge in [0.1, 0.15) is 5.76 Å².